The number of rotatable bonds is 6. The van der Waals surface area contributed by atoms with Crippen LogP contribution in [0.4, 0.5) is 5.69 Å². The zero-order chi connectivity index (χ0) is 20.5. The van der Waals surface area contributed by atoms with Crippen molar-refractivity contribution in [1.82, 2.24) is 15.1 Å². The number of nitrogens with one attached hydrogen (secondary N) is 1. The molecule has 1 fully saturated rings. The van der Waals surface area contributed by atoms with E-state index in [0.717, 1.165) is 48.1 Å². The van der Waals surface area contributed by atoms with Crippen LogP contribution in [0.3, 0.4) is 0 Å². The molecule has 7 nitrogen and oxygen atoms in total. The molecule has 0 bridgehead atoms. The third-order valence-corrected chi connectivity index (χ3v) is 5.64. The molecule has 154 valence electrons. The number of carbonyl (C=O) groups is 2. The number of amides is 2. The summed E-state index contributed by atoms with van der Waals surface area (Å²) in [7, 11) is 0. The quantitative estimate of drug-likeness (QED) is 0.814. The Balaban J connectivity index is 1.75. The second kappa shape index (κ2) is 7.89. The SMILES string of the molecule is CCNC(=O)COc1c(-c2cnn(C3CC3)c2)ccc2c1CCC(C)N2C(C)=O. The van der Waals surface area contributed by atoms with Crippen molar-refractivity contribution in [2.45, 2.75) is 58.5 Å². The van der Waals surface area contributed by atoms with Gasteiger partial charge in [0.2, 0.25) is 5.91 Å². The lowest BCUT2D eigenvalue weighted by Gasteiger charge is -2.36. The second-order valence-corrected chi connectivity index (χ2v) is 7.90. The lowest BCUT2D eigenvalue weighted by molar-refractivity contribution is -0.123. The van der Waals surface area contributed by atoms with Crippen molar-refractivity contribution in [3.8, 4) is 16.9 Å². The summed E-state index contributed by atoms with van der Waals surface area (Å²) in [5, 5.41) is 7.28. The molecule has 1 aromatic carbocycles. The van der Waals surface area contributed by atoms with Crippen molar-refractivity contribution in [2.24, 2.45) is 0 Å². The molecular formula is C22H28N4O3. The predicted octanol–water partition coefficient (Wildman–Crippen LogP) is 3.09. The van der Waals surface area contributed by atoms with Crippen molar-refractivity contribution in [1.29, 1.82) is 0 Å². The number of nitrogens with zero attached hydrogens (tertiary/aromatic N) is 3. The van der Waals surface area contributed by atoms with Gasteiger partial charge in [-0.25, -0.2) is 0 Å². The zero-order valence-electron chi connectivity index (χ0n) is 17.3. The van der Waals surface area contributed by atoms with E-state index in [2.05, 4.69) is 17.3 Å². The average molecular weight is 396 g/mol. The minimum Gasteiger partial charge on any atom is -0.483 e. The molecule has 2 heterocycles. The van der Waals surface area contributed by atoms with Crippen molar-refractivity contribution >= 4 is 17.5 Å². The maximum Gasteiger partial charge on any atom is 0.257 e. The maximum atomic E-state index is 12.3. The maximum absolute atomic E-state index is 12.3. The minimum atomic E-state index is -0.155. The number of ether oxygens (including phenoxy) is 1. The fourth-order valence-electron chi connectivity index (χ4n) is 4.08. The number of likely N-dealkylation sites (N-methyl/N-ethyl adjacent to an activating group) is 1. The topological polar surface area (TPSA) is 76.5 Å². The van der Waals surface area contributed by atoms with Crippen molar-refractivity contribution in [2.75, 3.05) is 18.1 Å². The van der Waals surface area contributed by atoms with Gasteiger partial charge in [-0.3, -0.25) is 14.3 Å². The molecule has 0 spiro atoms. The van der Waals surface area contributed by atoms with Gasteiger partial charge in [0.1, 0.15) is 5.75 Å². The molecule has 2 amide bonds. The number of aromatic nitrogens is 2. The Kier molecular flexibility index (Phi) is 5.30. The Morgan fingerprint density at radius 1 is 1.28 bits per heavy atom. The van der Waals surface area contributed by atoms with Crippen LogP contribution in [0.25, 0.3) is 11.1 Å². The Hall–Kier alpha value is -2.83. The van der Waals surface area contributed by atoms with Gasteiger partial charge in [0.15, 0.2) is 6.61 Å². The van der Waals surface area contributed by atoms with Gasteiger partial charge in [-0.2, -0.15) is 5.10 Å². The monoisotopic (exact) mass is 396 g/mol. The molecule has 7 heteroatoms. The Morgan fingerprint density at radius 2 is 2.07 bits per heavy atom. The summed E-state index contributed by atoms with van der Waals surface area (Å²) in [5.41, 5.74) is 3.75. The molecule has 1 aliphatic heterocycles. The summed E-state index contributed by atoms with van der Waals surface area (Å²) in [6.07, 6.45) is 7.89. The third kappa shape index (κ3) is 3.86. The number of hydrogen-bond donors (Lipinski definition) is 1. The van der Waals surface area contributed by atoms with E-state index >= 15 is 0 Å². The first-order chi connectivity index (χ1) is 14.0. The molecular weight excluding hydrogens is 368 g/mol. The van der Waals surface area contributed by atoms with Crippen molar-refractivity contribution in [3.63, 3.8) is 0 Å². The Morgan fingerprint density at radius 3 is 2.76 bits per heavy atom. The molecule has 1 N–H and O–H groups in total. The summed E-state index contributed by atoms with van der Waals surface area (Å²) >= 11 is 0. The van der Waals surface area contributed by atoms with Crippen LogP contribution in [-0.2, 0) is 16.0 Å². The third-order valence-electron chi connectivity index (χ3n) is 5.64. The average Bonchev–Trinajstić information content (AvgIpc) is 3.43. The van der Waals surface area contributed by atoms with E-state index in [4.69, 9.17) is 4.74 Å². The summed E-state index contributed by atoms with van der Waals surface area (Å²) in [5.74, 6) is 0.544. The highest BCUT2D eigenvalue weighted by molar-refractivity contribution is 5.95. The molecule has 1 aliphatic carbocycles. The predicted molar refractivity (Wildman–Crippen MR) is 111 cm³/mol. The van der Waals surface area contributed by atoms with Gasteiger partial charge in [0.05, 0.1) is 17.9 Å². The van der Waals surface area contributed by atoms with Gasteiger partial charge in [-0.05, 0) is 51.7 Å². The van der Waals surface area contributed by atoms with Gasteiger partial charge < -0.3 is 15.0 Å². The van der Waals surface area contributed by atoms with E-state index in [1.807, 2.05) is 41.0 Å². The molecule has 0 saturated heterocycles. The van der Waals surface area contributed by atoms with Gasteiger partial charge in [-0.15, -0.1) is 0 Å². The zero-order valence-corrected chi connectivity index (χ0v) is 17.3. The first-order valence-corrected chi connectivity index (χ1v) is 10.4. The van der Waals surface area contributed by atoms with Crippen LogP contribution in [0.1, 0.15) is 51.6 Å². The van der Waals surface area contributed by atoms with Crippen LogP contribution >= 0.6 is 0 Å². The number of fused-ring (bicyclic) bond motifs is 1. The van der Waals surface area contributed by atoms with Crippen LogP contribution in [-0.4, -0.2) is 40.8 Å². The van der Waals surface area contributed by atoms with E-state index in [1.165, 1.54) is 0 Å². The number of hydrogen-bond acceptors (Lipinski definition) is 4. The fraction of sp³-hybridized carbons (Fsp3) is 0.500. The number of anilines is 1. The lowest BCUT2D eigenvalue weighted by atomic mass is 9.92. The normalized spacial score (nSPS) is 18.3. The summed E-state index contributed by atoms with van der Waals surface area (Å²) in [6, 6.07) is 4.61. The minimum absolute atomic E-state index is 0.0161. The molecule has 1 unspecified atom stereocenters. The highest BCUT2D eigenvalue weighted by atomic mass is 16.5. The molecule has 1 atom stereocenters. The van der Waals surface area contributed by atoms with Gasteiger partial charge in [0.25, 0.3) is 5.91 Å². The van der Waals surface area contributed by atoms with E-state index in [-0.39, 0.29) is 24.5 Å². The molecule has 2 aliphatic rings. The Labute approximate surface area is 171 Å². The molecule has 0 radical (unpaired) electrons. The number of benzene rings is 1. The van der Waals surface area contributed by atoms with E-state index in [0.29, 0.717) is 18.3 Å². The molecule has 1 aromatic heterocycles. The van der Waals surface area contributed by atoms with Crippen molar-refractivity contribution in [3.05, 3.63) is 30.1 Å². The van der Waals surface area contributed by atoms with Gasteiger partial charge in [0, 0.05) is 42.4 Å². The molecule has 29 heavy (non-hydrogen) atoms. The van der Waals surface area contributed by atoms with Crippen LogP contribution in [0.15, 0.2) is 24.5 Å². The highest BCUT2D eigenvalue weighted by Crippen LogP contribution is 2.43. The van der Waals surface area contributed by atoms with Gasteiger partial charge >= 0.3 is 0 Å². The van der Waals surface area contributed by atoms with Crippen LogP contribution in [0.2, 0.25) is 0 Å². The second-order valence-electron chi connectivity index (χ2n) is 7.90. The fourth-order valence-corrected chi connectivity index (χ4v) is 4.08. The van der Waals surface area contributed by atoms with Crippen LogP contribution in [0.5, 0.6) is 5.75 Å². The molecule has 4 rings (SSSR count). The lowest BCUT2D eigenvalue weighted by Crippen LogP contribution is -2.41. The smallest absolute Gasteiger partial charge is 0.257 e. The largest absolute Gasteiger partial charge is 0.483 e. The van der Waals surface area contributed by atoms with E-state index in [9.17, 15) is 9.59 Å². The highest BCUT2D eigenvalue weighted by Gasteiger charge is 2.31. The van der Waals surface area contributed by atoms with Crippen LogP contribution < -0.4 is 15.0 Å². The summed E-state index contributed by atoms with van der Waals surface area (Å²) in [6.45, 7) is 6.04. The summed E-state index contributed by atoms with van der Waals surface area (Å²) < 4.78 is 8.07. The number of carbonyl (C=O) groups excluding carboxylic acids is 2. The first kappa shape index (κ1) is 19.5. The van der Waals surface area contributed by atoms with E-state index < -0.39 is 0 Å². The van der Waals surface area contributed by atoms with Crippen molar-refractivity contribution < 1.29 is 14.3 Å². The molecule has 1 saturated carbocycles. The van der Waals surface area contributed by atoms with E-state index in [1.54, 1.807) is 6.92 Å². The van der Waals surface area contributed by atoms with Crippen LogP contribution in [0, 0.1) is 0 Å². The summed E-state index contributed by atoms with van der Waals surface area (Å²) in [4.78, 5) is 26.2. The standard InChI is InChI=1S/C22H28N4O3/c1-4-23-21(28)13-29-22-18(16-11-24-25(12-16)17-6-7-17)9-10-20-19(22)8-5-14(2)26(20)15(3)27/h9-12,14,17H,4-8,13H2,1-3H3,(H,23,28). The van der Waals surface area contributed by atoms with Gasteiger partial charge in [-0.1, -0.05) is 0 Å². The molecule has 2 aromatic rings. The Bertz CT molecular complexity index is 932. The first-order valence-electron chi connectivity index (χ1n) is 10.4.